The normalized spacial score (nSPS) is 28.5. The third kappa shape index (κ3) is 4.78. The van der Waals surface area contributed by atoms with Gasteiger partial charge in [0, 0.05) is 19.4 Å². The van der Waals surface area contributed by atoms with Crippen LogP contribution >= 0.6 is 0 Å². The van der Waals surface area contributed by atoms with Crippen molar-refractivity contribution in [3.8, 4) is 0 Å². The number of hydrogen-bond acceptors (Lipinski definition) is 5. The van der Waals surface area contributed by atoms with Crippen LogP contribution < -0.4 is 0 Å². The minimum Gasteiger partial charge on any atom is -0.481 e. The minimum atomic E-state index is -0.962. The van der Waals surface area contributed by atoms with Gasteiger partial charge >= 0.3 is 5.97 Å². The molecule has 0 radical (unpaired) electrons. The zero-order valence-corrected chi connectivity index (χ0v) is 12.6. The molecule has 2 rings (SSSR count). The van der Waals surface area contributed by atoms with E-state index in [0.717, 1.165) is 5.56 Å². The van der Waals surface area contributed by atoms with Gasteiger partial charge in [-0.1, -0.05) is 30.3 Å². The molecule has 0 aromatic heterocycles. The van der Waals surface area contributed by atoms with Crippen molar-refractivity contribution in [3.63, 3.8) is 0 Å². The number of aliphatic hydroxyl groups excluding tert-OH is 1. The molecule has 122 valence electrons. The quantitative estimate of drug-likeness (QED) is 0.792. The highest BCUT2D eigenvalue weighted by Gasteiger charge is 2.39. The van der Waals surface area contributed by atoms with Gasteiger partial charge in [-0.2, -0.15) is 0 Å². The monoisotopic (exact) mass is 310 g/mol. The van der Waals surface area contributed by atoms with Gasteiger partial charge < -0.3 is 24.4 Å². The summed E-state index contributed by atoms with van der Waals surface area (Å²) in [4.78, 5) is 11.0. The molecule has 1 heterocycles. The highest BCUT2D eigenvalue weighted by Crippen LogP contribution is 2.29. The highest BCUT2D eigenvalue weighted by molar-refractivity contribution is 5.67. The predicted octanol–water partition coefficient (Wildman–Crippen LogP) is 1.42. The van der Waals surface area contributed by atoms with Gasteiger partial charge in [0.25, 0.3) is 0 Å². The Hall–Kier alpha value is -1.47. The number of aliphatic hydroxyl groups is 1. The van der Waals surface area contributed by atoms with Gasteiger partial charge in [0.1, 0.15) is 0 Å². The molecular weight excluding hydrogens is 288 g/mol. The van der Waals surface area contributed by atoms with Gasteiger partial charge in [0.2, 0.25) is 0 Å². The number of aliphatic carboxylic acids is 1. The van der Waals surface area contributed by atoms with Gasteiger partial charge in [-0.05, 0) is 5.56 Å². The molecule has 6 nitrogen and oxygen atoms in total. The fraction of sp³-hybridized carbons (Fsp3) is 0.562. The molecular formula is C16H22O6. The second-order valence-corrected chi connectivity index (χ2v) is 5.41. The minimum absolute atomic E-state index is 0.156. The lowest BCUT2D eigenvalue weighted by Gasteiger charge is -2.38. The summed E-state index contributed by atoms with van der Waals surface area (Å²) in [5.41, 5.74) is 1.02. The van der Waals surface area contributed by atoms with Crippen LogP contribution in [-0.2, 0) is 25.6 Å². The second-order valence-electron chi connectivity index (χ2n) is 5.41. The highest BCUT2D eigenvalue weighted by atomic mass is 16.7. The van der Waals surface area contributed by atoms with Crippen molar-refractivity contribution < 1.29 is 29.2 Å². The third-order valence-corrected chi connectivity index (χ3v) is 3.80. The van der Waals surface area contributed by atoms with Crippen molar-refractivity contribution in [2.24, 2.45) is 5.92 Å². The van der Waals surface area contributed by atoms with E-state index in [-0.39, 0.29) is 19.4 Å². The summed E-state index contributed by atoms with van der Waals surface area (Å²) < 4.78 is 16.4. The van der Waals surface area contributed by atoms with E-state index in [0.29, 0.717) is 6.61 Å². The van der Waals surface area contributed by atoms with Gasteiger partial charge in [-0.25, -0.2) is 0 Å². The summed E-state index contributed by atoms with van der Waals surface area (Å²) in [5, 5.41) is 19.1. The fourth-order valence-electron chi connectivity index (χ4n) is 2.62. The van der Waals surface area contributed by atoms with Crippen molar-refractivity contribution >= 4 is 5.97 Å². The molecule has 1 aliphatic heterocycles. The topological polar surface area (TPSA) is 85.2 Å². The summed E-state index contributed by atoms with van der Waals surface area (Å²) >= 11 is 0. The first-order valence-corrected chi connectivity index (χ1v) is 7.30. The van der Waals surface area contributed by atoms with E-state index in [2.05, 4.69) is 0 Å². The maximum absolute atomic E-state index is 11.0. The van der Waals surface area contributed by atoms with Gasteiger partial charge in [0.15, 0.2) is 6.29 Å². The lowest BCUT2D eigenvalue weighted by Crippen LogP contribution is -2.47. The Bertz CT molecular complexity index is 463. The lowest BCUT2D eigenvalue weighted by molar-refractivity contribution is -0.239. The number of methoxy groups -OCH3 is 1. The average Bonchev–Trinajstić information content (AvgIpc) is 2.51. The van der Waals surface area contributed by atoms with E-state index in [1.165, 1.54) is 7.11 Å². The zero-order valence-electron chi connectivity index (χ0n) is 12.6. The third-order valence-electron chi connectivity index (χ3n) is 3.80. The number of carbonyl (C=O) groups is 1. The molecule has 0 spiro atoms. The Labute approximate surface area is 129 Å². The summed E-state index contributed by atoms with van der Waals surface area (Å²) in [5.74, 6) is -1.46. The molecule has 1 aromatic rings. The standard InChI is InChI=1S/C16H22O6/c1-20-16-8-13(17)12(7-15(18)19)14(22-16)10-21-9-11-5-3-2-4-6-11/h2-6,12-14,16-17H,7-10H2,1H3,(H,18,19)/t12-,13-,14+,16-/m1/s1. The first kappa shape index (κ1) is 16.9. The Morgan fingerprint density at radius 2 is 2.09 bits per heavy atom. The predicted molar refractivity (Wildman–Crippen MR) is 78.1 cm³/mol. The van der Waals surface area contributed by atoms with Gasteiger partial charge in [-0.3, -0.25) is 4.79 Å². The van der Waals surface area contributed by atoms with Crippen molar-refractivity contribution in [3.05, 3.63) is 35.9 Å². The first-order chi connectivity index (χ1) is 10.6. The molecule has 1 aliphatic rings. The van der Waals surface area contributed by atoms with Gasteiger partial charge in [-0.15, -0.1) is 0 Å². The van der Waals surface area contributed by atoms with E-state index in [9.17, 15) is 9.90 Å². The van der Waals surface area contributed by atoms with Crippen LogP contribution in [0.25, 0.3) is 0 Å². The molecule has 0 amide bonds. The Morgan fingerprint density at radius 1 is 1.36 bits per heavy atom. The van der Waals surface area contributed by atoms with Crippen LogP contribution in [0.2, 0.25) is 0 Å². The first-order valence-electron chi connectivity index (χ1n) is 7.30. The maximum atomic E-state index is 11.0. The van der Waals surface area contributed by atoms with Crippen molar-refractivity contribution in [2.75, 3.05) is 13.7 Å². The number of benzene rings is 1. The molecule has 1 fully saturated rings. The van der Waals surface area contributed by atoms with Crippen LogP contribution in [0.4, 0.5) is 0 Å². The summed E-state index contributed by atoms with van der Waals surface area (Å²) in [6, 6.07) is 9.67. The fourth-order valence-corrected chi connectivity index (χ4v) is 2.62. The number of carboxylic acid groups (broad SMARTS) is 1. The number of hydrogen-bond donors (Lipinski definition) is 2. The van der Waals surface area contributed by atoms with E-state index in [1.54, 1.807) is 0 Å². The maximum Gasteiger partial charge on any atom is 0.303 e. The summed E-state index contributed by atoms with van der Waals surface area (Å²) in [6.45, 7) is 0.623. The Balaban J connectivity index is 1.92. The van der Waals surface area contributed by atoms with E-state index < -0.39 is 30.4 Å². The molecule has 1 aromatic carbocycles. The van der Waals surface area contributed by atoms with Gasteiger partial charge in [0.05, 0.1) is 31.8 Å². The number of ether oxygens (including phenoxy) is 3. The van der Waals surface area contributed by atoms with Crippen molar-refractivity contribution in [1.29, 1.82) is 0 Å². The SMILES string of the molecule is CO[C@H]1C[C@@H](O)[C@@H](CC(=O)O)[C@H](COCc2ccccc2)O1. The van der Waals surface area contributed by atoms with Crippen LogP contribution in [0.1, 0.15) is 18.4 Å². The molecule has 0 aliphatic carbocycles. The van der Waals surface area contributed by atoms with Crippen LogP contribution in [0.15, 0.2) is 30.3 Å². The largest absolute Gasteiger partial charge is 0.481 e. The van der Waals surface area contributed by atoms with E-state index in [4.69, 9.17) is 19.3 Å². The van der Waals surface area contributed by atoms with E-state index in [1.807, 2.05) is 30.3 Å². The average molecular weight is 310 g/mol. The second kappa shape index (κ2) is 8.24. The van der Waals surface area contributed by atoms with Crippen molar-refractivity contribution in [1.82, 2.24) is 0 Å². The van der Waals surface area contributed by atoms with E-state index >= 15 is 0 Å². The smallest absolute Gasteiger partial charge is 0.303 e. The summed E-state index contributed by atoms with van der Waals surface area (Å²) in [7, 11) is 1.50. The molecule has 0 bridgehead atoms. The molecule has 1 saturated heterocycles. The van der Waals surface area contributed by atoms with Crippen LogP contribution in [0.5, 0.6) is 0 Å². The molecule has 0 unspecified atom stereocenters. The number of rotatable bonds is 7. The van der Waals surface area contributed by atoms with Crippen LogP contribution in [0.3, 0.4) is 0 Å². The molecule has 0 saturated carbocycles. The molecule has 2 N–H and O–H groups in total. The Kier molecular flexibility index (Phi) is 6.33. The lowest BCUT2D eigenvalue weighted by atomic mass is 9.88. The van der Waals surface area contributed by atoms with Crippen molar-refractivity contribution in [2.45, 2.75) is 37.9 Å². The Morgan fingerprint density at radius 3 is 2.73 bits per heavy atom. The van der Waals surface area contributed by atoms with Crippen LogP contribution in [-0.4, -0.2) is 48.4 Å². The molecule has 22 heavy (non-hydrogen) atoms. The zero-order chi connectivity index (χ0) is 15.9. The van der Waals surface area contributed by atoms with Crippen LogP contribution in [0, 0.1) is 5.92 Å². The molecule has 4 atom stereocenters. The molecule has 6 heteroatoms. The number of carboxylic acids is 1. The summed E-state index contributed by atoms with van der Waals surface area (Å²) in [6.07, 6.45) is -1.71.